The van der Waals surface area contributed by atoms with Crippen LogP contribution in [0.5, 0.6) is 0 Å². The molecule has 1 aromatic rings. The number of likely N-dealkylation sites (N-methyl/N-ethyl adjacent to an activating group) is 1. The lowest BCUT2D eigenvalue weighted by molar-refractivity contribution is -0.166. The van der Waals surface area contributed by atoms with Crippen LogP contribution in [0.15, 0.2) is 18.2 Å². The molecular formula is C13H15ClF5NO. The molecule has 1 N–H and O–H groups in total. The largest absolute Gasteiger partial charge is 0.373 e. The average Bonchev–Trinajstić information content (AvgIpc) is 2.39. The molecule has 120 valence electrons. The van der Waals surface area contributed by atoms with Crippen LogP contribution in [-0.2, 0) is 11.2 Å². The molecule has 0 bridgehead atoms. The standard InChI is InChI=1S/C13H15ClF5NO/c1-20-10(6-21-7-13(18,19)12(16)17)4-8-2-3-9(15)5-11(8)14/h2-3,5,10,12,20H,4,6-7H2,1H3. The van der Waals surface area contributed by atoms with Crippen LogP contribution >= 0.6 is 11.6 Å². The predicted molar refractivity (Wildman–Crippen MR) is 69.7 cm³/mol. The Morgan fingerprint density at radius 1 is 1.33 bits per heavy atom. The molecule has 0 amide bonds. The van der Waals surface area contributed by atoms with E-state index in [4.69, 9.17) is 11.6 Å². The number of nitrogens with one attached hydrogen (secondary N) is 1. The maximum absolute atomic E-state index is 12.9. The second kappa shape index (κ2) is 7.91. The summed E-state index contributed by atoms with van der Waals surface area (Å²) in [6, 6.07) is 3.41. The molecule has 8 heteroatoms. The quantitative estimate of drug-likeness (QED) is 0.736. The number of alkyl halides is 4. The lowest BCUT2D eigenvalue weighted by Gasteiger charge is -2.20. The summed E-state index contributed by atoms with van der Waals surface area (Å²) in [7, 11) is 1.57. The van der Waals surface area contributed by atoms with E-state index in [0.717, 1.165) is 6.07 Å². The van der Waals surface area contributed by atoms with Crippen molar-refractivity contribution in [3.05, 3.63) is 34.6 Å². The summed E-state index contributed by atoms with van der Waals surface area (Å²) in [6.07, 6.45) is -3.48. The van der Waals surface area contributed by atoms with Gasteiger partial charge in [-0.15, -0.1) is 0 Å². The minimum absolute atomic E-state index is 0.202. The highest BCUT2D eigenvalue weighted by molar-refractivity contribution is 6.31. The zero-order chi connectivity index (χ0) is 16.0. The van der Waals surface area contributed by atoms with Gasteiger partial charge >= 0.3 is 12.3 Å². The summed E-state index contributed by atoms with van der Waals surface area (Å²) in [5, 5.41) is 3.00. The van der Waals surface area contributed by atoms with Crippen LogP contribution < -0.4 is 5.32 Å². The third kappa shape index (κ3) is 5.76. The maximum atomic E-state index is 12.9. The Morgan fingerprint density at radius 3 is 2.52 bits per heavy atom. The van der Waals surface area contributed by atoms with Gasteiger partial charge in [-0.25, -0.2) is 13.2 Å². The zero-order valence-electron chi connectivity index (χ0n) is 11.2. The van der Waals surface area contributed by atoms with Crippen LogP contribution in [0.25, 0.3) is 0 Å². The maximum Gasteiger partial charge on any atom is 0.330 e. The molecule has 0 aliphatic carbocycles. The van der Waals surface area contributed by atoms with Gasteiger partial charge in [0.1, 0.15) is 12.4 Å². The van der Waals surface area contributed by atoms with Crippen molar-refractivity contribution in [2.24, 2.45) is 0 Å². The van der Waals surface area contributed by atoms with E-state index in [1.54, 1.807) is 7.05 Å². The van der Waals surface area contributed by atoms with E-state index >= 15 is 0 Å². The smallest absolute Gasteiger partial charge is 0.330 e. The van der Waals surface area contributed by atoms with Gasteiger partial charge in [0.2, 0.25) is 0 Å². The van der Waals surface area contributed by atoms with Crippen molar-refractivity contribution in [3.8, 4) is 0 Å². The minimum Gasteiger partial charge on any atom is -0.373 e. The molecule has 0 aliphatic heterocycles. The number of hydrogen-bond acceptors (Lipinski definition) is 2. The first-order valence-electron chi connectivity index (χ1n) is 6.11. The number of hydrogen-bond donors (Lipinski definition) is 1. The van der Waals surface area contributed by atoms with Crippen LogP contribution in [-0.4, -0.2) is 38.7 Å². The number of ether oxygens (including phenoxy) is 1. The van der Waals surface area contributed by atoms with Gasteiger partial charge in [-0.3, -0.25) is 0 Å². The lowest BCUT2D eigenvalue weighted by Crippen LogP contribution is -2.37. The van der Waals surface area contributed by atoms with Crippen molar-refractivity contribution >= 4 is 11.6 Å². The Balaban J connectivity index is 2.52. The van der Waals surface area contributed by atoms with Gasteiger partial charge in [0.25, 0.3) is 0 Å². The molecule has 0 saturated heterocycles. The lowest BCUT2D eigenvalue weighted by atomic mass is 10.1. The van der Waals surface area contributed by atoms with E-state index in [0.29, 0.717) is 5.56 Å². The van der Waals surface area contributed by atoms with Crippen molar-refractivity contribution in [2.45, 2.75) is 24.8 Å². The normalized spacial score (nSPS) is 13.7. The van der Waals surface area contributed by atoms with Crippen LogP contribution in [0.4, 0.5) is 22.0 Å². The first-order valence-corrected chi connectivity index (χ1v) is 6.49. The van der Waals surface area contributed by atoms with E-state index in [1.165, 1.54) is 12.1 Å². The van der Waals surface area contributed by atoms with Crippen LogP contribution in [0.1, 0.15) is 5.56 Å². The second-order valence-corrected chi connectivity index (χ2v) is 4.91. The van der Waals surface area contributed by atoms with Gasteiger partial charge in [-0.1, -0.05) is 17.7 Å². The van der Waals surface area contributed by atoms with E-state index in [2.05, 4.69) is 10.1 Å². The van der Waals surface area contributed by atoms with E-state index < -0.39 is 30.8 Å². The molecular weight excluding hydrogens is 317 g/mol. The zero-order valence-corrected chi connectivity index (χ0v) is 11.9. The third-order valence-electron chi connectivity index (χ3n) is 2.82. The van der Waals surface area contributed by atoms with Crippen LogP contribution in [0.3, 0.4) is 0 Å². The summed E-state index contributed by atoms with van der Waals surface area (Å²) in [5.41, 5.74) is 0.599. The predicted octanol–water partition coefficient (Wildman–Crippen LogP) is 3.53. The summed E-state index contributed by atoms with van der Waals surface area (Å²) in [6.45, 7) is -1.56. The van der Waals surface area contributed by atoms with Gasteiger partial charge in [0, 0.05) is 11.1 Å². The molecule has 1 rings (SSSR count). The van der Waals surface area contributed by atoms with Crippen molar-refractivity contribution in [1.29, 1.82) is 0 Å². The highest BCUT2D eigenvalue weighted by Crippen LogP contribution is 2.23. The summed E-state index contributed by atoms with van der Waals surface area (Å²) in [4.78, 5) is 0. The highest BCUT2D eigenvalue weighted by Gasteiger charge is 2.41. The first kappa shape index (κ1) is 18.1. The third-order valence-corrected chi connectivity index (χ3v) is 3.17. The monoisotopic (exact) mass is 331 g/mol. The molecule has 2 nitrogen and oxygen atoms in total. The highest BCUT2D eigenvalue weighted by atomic mass is 35.5. The van der Waals surface area contributed by atoms with E-state index in [9.17, 15) is 22.0 Å². The summed E-state index contributed by atoms with van der Waals surface area (Å²) < 4.78 is 66.8. The van der Waals surface area contributed by atoms with Crippen molar-refractivity contribution < 1.29 is 26.7 Å². The van der Waals surface area contributed by atoms with Crippen molar-refractivity contribution in [2.75, 3.05) is 20.3 Å². The van der Waals surface area contributed by atoms with Crippen molar-refractivity contribution in [1.82, 2.24) is 5.32 Å². The van der Waals surface area contributed by atoms with Crippen LogP contribution in [0.2, 0.25) is 5.02 Å². The van der Waals surface area contributed by atoms with E-state index in [-0.39, 0.29) is 18.1 Å². The fourth-order valence-electron chi connectivity index (χ4n) is 1.60. The molecule has 21 heavy (non-hydrogen) atoms. The molecule has 1 unspecified atom stereocenters. The molecule has 0 spiro atoms. The molecule has 1 atom stereocenters. The molecule has 1 aromatic carbocycles. The van der Waals surface area contributed by atoms with Gasteiger partial charge in [0.05, 0.1) is 6.61 Å². The molecule has 0 aliphatic rings. The topological polar surface area (TPSA) is 21.3 Å². The molecule has 0 radical (unpaired) electrons. The van der Waals surface area contributed by atoms with E-state index in [1.807, 2.05) is 0 Å². The Labute approximate surface area is 124 Å². The van der Waals surface area contributed by atoms with Crippen LogP contribution in [0, 0.1) is 5.82 Å². The number of halogens is 6. The van der Waals surface area contributed by atoms with Gasteiger partial charge < -0.3 is 10.1 Å². The summed E-state index contributed by atoms with van der Waals surface area (Å²) in [5.74, 6) is -4.66. The minimum atomic E-state index is -4.17. The Hall–Kier alpha value is -0.920. The number of rotatable bonds is 8. The summed E-state index contributed by atoms with van der Waals surface area (Å²) >= 11 is 5.85. The number of benzene rings is 1. The van der Waals surface area contributed by atoms with Gasteiger partial charge in [-0.05, 0) is 31.2 Å². The fourth-order valence-corrected chi connectivity index (χ4v) is 1.84. The Morgan fingerprint density at radius 2 is 2.00 bits per heavy atom. The average molecular weight is 332 g/mol. The molecule has 0 heterocycles. The Kier molecular flexibility index (Phi) is 6.83. The Bertz CT molecular complexity index is 458. The molecule has 0 fully saturated rings. The van der Waals surface area contributed by atoms with Crippen molar-refractivity contribution in [3.63, 3.8) is 0 Å². The molecule has 0 saturated carbocycles. The second-order valence-electron chi connectivity index (χ2n) is 4.50. The van der Waals surface area contributed by atoms with Gasteiger partial charge in [-0.2, -0.15) is 8.78 Å². The first-order chi connectivity index (χ1) is 9.76. The van der Waals surface area contributed by atoms with Gasteiger partial charge in [0.15, 0.2) is 0 Å². The fraction of sp³-hybridized carbons (Fsp3) is 0.538. The SMILES string of the molecule is CNC(COCC(F)(F)C(F)F)Cc1ccc(F)cc1Cl. The molecule has 0 aromatic heterocycles.